The van der Waals surface area contributed by atoms with E-state index in [1.807, 2.05) is 0 Å². The molecule has 7 nitrogen and oxygen atoms in total. The van der Waals surface area contributed by atoms with Crippen LogP contribution in [0, 0.1) is 23.0 Å². The van der Waals surface area contributed by atoms with Crippen molar-refractivity contribution in [2.24, 2.45) is 5.92 Å². The standard InChI is InChI=1S/C13H14N2O5/c1-8-4-3-5-10(12(8)15(18)19)14-7-9(6-11(14)16)13(17)20-2/h3-5,9H,6-7H2,1-2H3. The summed E-state index contributed by atoms with van der Waals surface area (Å²) in [6.45, 7) is 1.72. The monoisotopic (exact) mass is 278 g/mol. The lowest BCUT2D eigenvalue weighted by atomic mass is 10.1. The molecule has 0 aromatic heterocycles. The second kappa shape index (κ2) is 5.28. The van der Waals surface area contributed by atoms with Crippen molar-refractivity contribution in [1.82, 2.24) is 0 Å². The van der Waals surface area contributed by atoms with Crippen molar-refractivity contribution in [1.29, 1.82) is 0 Å². The van der Waals surface area contributed by atoms with Crippen LogP contribution in [0.1, 0.15) is 12.0 Å². The summed E-state index contributed by atoms with van der Waals surface area (Å²) in [5.74, 6) is -1.36. The molecule has 1 fully saturated rings. The number of nitrogens with zero attached hydrogens (tertiary/aromatic N) is 2. The van der Waals surface area contributed by atoms with Crippen molar-refractivity contribution >= 4 is 23.3 Å². The van der Waals surface area contributed by atoms with E-state index in [0.29, 0.717) is 5.56 Å². The Bertz CT molecular complexity index is 584. The van der Waals surface area contributed by atoms with Gasteiger partial charge in [0.05, 0.1) is 18.0 Å². The van der Waals surface area contributed by atoms with Crippen LogP contribution in [0.5, 0.6) is 0 Å². The molecule has 1 aromatic rings. The molecule has 2 rings (SSSR count). The minimum absolute atomic E-state index is 0.0117. The van der Waals surface area contributed by atoms with E-state index in [1.165, 1.54) is 18.1 Å². The molecule has 0 radical (unpaired) electrons. The first-order valence-electron chi connectivity index (χ1n) is 6.08. The van der Waals surface area contributed by atoms with Crippen molar-refractivity contribution < 1.29 is 19.2 Å². The molecule has 0 saturated carbocycles. The van der Waals surface area contributed by atoms with E-state index < -0.39 is 16.8 Å². The number of carbonyl (C=O) groups excluding carboxylic acids is 2. The molecule has 1 unspecified atom stereocenters. The largest absolute Gasteiger partial charge is 0.469 e. The van der Waals surface area contributed by atoms with Crippen molar-refractivity contribution in [2.45, 2.75) is 13.3 Å². The zero-order valence-corrected chi connectivity index (χ0v) is 11.2. The predicted octanol–water partition coefficient (Wildman–Crippen LogP) is 1.43. The lowest BCUT2D eigenvalue weighted by molar-refractivity contribution is -0.384. The van der Waals surface area contributed by atoms with Crippen LogP contribution in [0.3, 0.4) is 0 Å². The average molecular weight is 278 g/mol. The lowest BCUT2D eigenvalue weighted by Gasteiger charge is -2.17. The van der Waals surface area contributed by atoms with Crippen LogP contribution in [0.15, 0.2) is 18.2 Å². The fourth-order valence-electron chi connectivity index (χ4n) is 2.36. The maximum absolute atomic E-state index is 12.0. The first-order chi connectivity index (χ1) is 9.45. The number of carbonyl (C=O) groups is 2. The van der Waals surface area contributed by atoms with Gasteiger partial charge in [-0.2, -0.15) is 0 Å². The number of methoxy groups -OCH3 is 1. The molecule has 1 amide bonds. The van der Waals surface area contributed by atoms with Gasteiger partial charge in [-0.1, -0.05) is 12.1 Å². The van der Waals surface area contributed by atoms with Gasteiger partial charge in [0.25, 0.3) is 5.69 Å². The number of esters is 1. The quantitative estimate of drug-likeness (QED) is 0.474. The Balaban J connectivity index is 2.38. The molecule has 20 heavy (non-hydrogen) atoms. The third-order valence-electron chi connectivity index (χ3n) is 3.35. The maximum Gasteiger partial charge on any atom is 0.311 e. The molecule has 1 saturated heterocycles. The number of rotatable bonds is 3. The molecule has 1 atom stereocenters. The Morgan fingerprint density at radius 3 is 2.80 bits per heavy atom. The zero-order chi connectivity index (χ0) is 14.9. The van der Waals surface area contributed by atoms with Gasteiger partial charge in [-0.25, -0.2) is 0 Å². The molecule has 0 bridgehead atoms. The van der Waals surface area contributed by atoms with Gasteiger partial charge >= 0.3 is 5.97 Å². The Morgan fingerprint density at radius 2 is 2.20 bits per heavy atom. The smallest absolute Gasteiger partial charge is 0.311 e. The van der Waals surface area contributed by atoms with Gasteiger partial charge in [-0.3, -0.25) is 19.7 Å². The molecule has 1 aliphatic rings. The number of nitro benzene ring substituents is 1. The third-order valence-corrected chi connectivity index (χ3v) is 3.35. The molecule has 7 heteroatoms. The topological polar surface area (TPSA) is 89.8 Å². The van der Waals surface area contributed by atoms with Crippen molar-refractivity contribution in [3.8, 4) is 0 Å². The highest BCUT2D eigenvalue weighted by Crippen LogP contribution is 2.35. The van der Waals surface area contributed by atoms with Gasteiger partial charge in [-0.05, 0) is 13.0 Å². The molecule has 106 valence electrons. The molecule has 0 spiro atoms. The van der Waals surface area contributed by atoms with E-state index in [2.05, 4.69) is 4.74 Å². The van der Waals surface area contributed by atoms with Gasteiger partial charge in [0, 0.05) is 18.5 Å². The van der Waals surface area contributed by atoms with Gasteiger partial charge in [-0.15, -0.1) is 0 Å². The summed E-state index contributed by atoms with van der Waals surface area (Å²) < 4.78 is 4.62. The number of hydrogen-bond acceptors (Lipinski definition) is 5. The van der Waals surface area contributed by atoms with Crippen LogP contribution >= 0.6 is 0 Å². The van der Waals surface area contributed by atoms with E-state index in [-0.39, 0.29) is 30.2 Å². The van der Waals surface area contributed by atoms with E-state index in [1.54, 1.807) is 19.1 Å². The lowest BCUT2D eigenvalue weighted by Crippen LogP contribution is -2.27. The number of hydrogen-bond donors (Lipinski definition) is 0. The number of nitro groups is 1. The highest BCUT2D eigenvalue weighted by atomic mass is 16.6. The van der Waals surface area contributed by atoms with E-state index in [4.69, 9.17) is 0 Å². The van der Waals surface area contributed by atoms with Crippen LogP contribution in [0.4, 0.5) is 11.4 Å². The number of anilines is 1. The van der Waals surface area contributed by atoms with Crippen molar-refractivity contribution in [3.05, 3.63) is 33.9 Å². The molecule has 1 aliphatic heterocycles. The maximum atomic E-state index is 12.0. The number of amides is 1. The number of benzene rings is 1. The number of aryl methyl sites for hydroxylation is 1. The summed E-state index contributed by atoms with van der Waals surface area (Å²) in [5.41, 5.74) is 0.597. The minimum atomic E-state index is -0.576. The summed E-state index contributed by atoms with van der Waals surface area (Å²) in [7, 11) is 1.25. The summed E-state index contributed by atoms with van der Waals surface area (Å²) in [6.07, 6.45) is 0.0117. The highest BCUT2D eigenvalue weighted by molar-refractivity contribution is 6.01. The van der Waals surface area contributed by atoms with Gasteiger partial charge in [0.1, 0.15) is 5.69 Å². The fourth-order valence-corrected chi connectivity index (χ4v) is 2.36. The predicted molar refractivity (Wildman–Crippen MR) is 70.3 cm³/mol. The number of para-hydroxylation sites is 1. The molecular formula is C13H14N2O5. The van der Waals surface area contributed by atoms with Gasteiger partial charge in [0.15, 0.2) is 0 Å². The van der Waals surface area contributed by atoms with Crippen LogP contribution in [0.25, 0.3) is 0 Å². The Hall–Kier alpha value is -2.44. The van der Waals surface area contributed by atoms with E-state index in [9.17, 15) is 19.7 Å². The highest BCUT2D eigenvalue weighted by Gasteiger charge is 2.38. The van der Waals surface area contributed by atoms with Gasteiger partial charge < -0.3 is 9.64 Å². The Morgan fingerprint density at radius 1 is 1.50 bits per heavy atom. The van der Waals surface area contributed by atoms with Crippen LogP contribution < -0.4 is 4.90 Å². The minimum Gasteiger partial charge on any atom is -0.469 e. The molecule has 0 aliphatic carbocycles. The third kappa shape index (κ3) is 2.34. The van der Waals surface area contributed by atoms with Crippen LogP contribution in [-0.4, -0.2) is 30.5 Å². The SMILES string of the molecule is COC(=O)C1CC(=O)N(c2cccc(C)c2[N+](=O)[O-])C1. The summed E-state index contributed by atoms with van der Waals surface area (Å²) >= 11 is 0. The number of ether oxygens (including phenoxy) is 1. The average Bonchev–Trinajstić information content (AvgIpc) is 2.79. The van der Waals surface area contributed by atoms with Gasteiger partial charge in [0.2, 0.25) is 5.91 Å². The summed E-state index contributed by atoms with van der Waals surface area (Å²) in [6, 6.07) is 4.78. The zero-order valence-electron chi connectivity index (χ0n) is 11.2. The van der Waals surface area contributed by atoms with Crippen LogP contribution in [-0.2, 0) is 14.3 Å². The van der Waals surface area contributed by atoms with E-state index in [0.717, 1.165) is 0 Å². The first kappa shape index (κ1) is 14.0. The summed E-state index contributed by atoms with van der Waals surface area (Å²) in [5, 5.41) is 11.2. The van der Waals surface area contributed by atoms with Crippen molar-refractivity contribution in [3.63, 3.8) is 0 Å². The second-order valence-electron chi connectivity index (χ2n) is 4.63. The van der Waals surface area contributed by atoms with Crippen LogP contribution in [0.2, 0.25) is 0 Å². The normalized spacial score (nSPS) is 18.2. The Kier molecular flexibility index (Phi) is 3.69. The molecular weight excluding hydrogens is 264 g/mol. The molecule has 0 N–H and O–H groups in total. The Labute approximate surface area is 115 Å². The molecule has 1 aromatic carbocycles. The fraction of sp³-hybridized carbons (Fsp3) is 0.385. The first-order valence-corrected chi connectivity index (χ1v) is 6.08. The molecule has 1 heterocycles. The van der Waals surface area contributed by atoms with Crippen molar-refractivity contribution in [2.75, 3.05) is 18.6 Å². The second-order valence-corrected chi connectivity index (χ2v) is 4.63. The summed E-state index contributed by atoms with van der Waals surface area (Å²) in [4.78, 5) is 35.4. The van der Waals surface area contributed by atoms with E-state index >= 15 is 0 Å².